The maximum absolute atomic E-state index is 12.8. The molecule has 0 saturated carbocycles. The van der Waals surface area contributed by atoms with E-state index in [9.17, 15) is 14.7 Å². The lowest BCUT2D eigenvalue weighted by atomic mass is 10.0. The monoisotopic (exact) mass is 493 g/mol. The number of hydrogen-bond acceptors (Lipinski definition) is 5. The summed E-state index contributed by atoms with van der Waals surface area (Å²) in [6.07, 6.45) is 3.10. The van der Waals surface area contributed by atoms with Gasteiger partial charge in [0.1, 0.15) is 0 Å². The van der Waals surface area contributed by atoms with Crippen molar-refractivity contribution in [1.82, 2.24) is 4.57 Å². The number of ketones is 2. The number of aliphatic hydroxyl groups excluding tert-OH is 1. The van der Waals surface area contributed by atoms with Crippen molar-refractivity contribution in [2.45, 2.75) is 25.4 Å². The molecule has 0 amide bonds. The second-order valence-electron chi connectivity index (χ2n) is 9.66. The van der Waals surface area contributed by atoms with Crippen molar-refractivity contribution >= 4 is 28.6 Å². The minimum Gasteiger partial charge on any atom is -0.391 e. The van der Waals surface area contributed by atoms with Crippen LogP contribution in [-0.4, -0.2) is 40.4 Å². The van der Waals surface area contributed by atoms with Gasteiger partial charge in [0.05, 0.1) is 11.8 Å². The summed E-state index contributed by atoms with van der Waals surface area (Å²) in [5, 5.41) is 13.1. The molecule has 1 saturated heterocycles. The summed E-state index contributed by atoms with van der Waals surface area (Å²) in [6.45, 7) is 1.48. The van der Waals surface area contributed by atoms with E-state index >= 15 is 0 Å². The zero-order valence-electron chi connectivity index (χ0n) is 20.9. The number of carbonyl (C=O) groups is 2. The van der Waals surface area contributed by atoms with Crippen molar-refractivity contribution in [2.24, 2.45) is 7.05 Å². The molecule has 188 valence electrons. The number of carbonyl (C=O) groups excluding carboxylic acids is 2. The molecule has 0 aliphatic carbocycles. The number of benzene rings is 3. The van der Waals surface area contributed by atoms with Crippen LogP contribution in [0.3, 0.4) is 0 Å². The van der Waals surface area contributed by atoms with Gasteiger partial charge in [-0.25, -0.2) is 0 Å². The van der Waals surface area contributed by atoms with Gasteiger partial charge in [-0.2, -0.15) is 0 Å². The topological polar surface area (TPSA) is 74.6 Å². The van der Waals surface area contributed by atoms with Gasteiger partial charge in [-0.1, -0.05) is 24.3 Å². The summed E-state index contributed by atoms with van der Waals surface area (Å²) in [6, 6.07) is 27.1. The molecule has 0 radical (unpaired) electrons. The number of β-amino-alcohol motifs (C(OH)–C–C–N with tert-alkyl or cyclic N) is 1. The van der Waals surface area contributed by atoms with Crippen LogP contribution < -0.4 is 10.2 Å². The van der Waals surface area contributed by atoms with Crippen LogP contribution in [0, 0.1) is 0 Å². The Morgan fingerprint density at radius 2 is 1.43 bits per heavy atom. The SMILES string of the molecule is Cn1cccc1C(=O)Cc1ccc(Nc2ccc(CC(=O)c3ccc(N4CCC(O)C4)cc3)cc2)cc1. The van der Waals surface area contributed by atoms with Crippen molar-refractivity contribution in [1.29, 1.82) is 0 Å². The highest BCUT2D eigenvalue weighted by atomic mass is 16.3. The minimum atomic E-state index is -0.270. The molecule has 0 bridgehead atoms. The molecule has 2 heterocycles. The first-order chi connectivity index (χ1) is 17.9. The van der Waals surface area contributed by atoms with Gasteiger partial charge in [-0.3, -0.25) is 9.59 Å². The average Bonchev–Trinajstić information content (AvgIpc) is 3.54. The standard InChI is InChI=1S/C31H31N3O3/c1-33-17-2-3-29(33)31(37)20-23-6-12-26(13-7-23)32-25-10-4-22(5-11-25)19-30(36)24-8-14-27(15-9-24)34-18-16-28(35)21-34/h2-15,17,28,32,35H,16,18-21H2,1H3. The van der Waals surface area contributed by atoms with Crippen molar-refractivity contribution in [2.75, 3.05) is 23.3 Å². The summed E-state index contributed by atoms with van der Waals surface area (Å²) in [7, 11) is 1.88. The Labute approximate surface area is 217 Å². The minimum absolute atomic E-state index is 0.0780. The number of nitrogens with one attached hydrogen (secondary N) is 1. The zero-order chi connectivity index (χ0) is 25.8. The Hall–Kier alpha value is -4.16. The zero-order valence-corrected chi connectivity index (χ0v) is 20.9. The van der Waals surface area contributed by atoms with Crippen LogP contribution in [0.15, 0.2) is 91.1 Å². The maximum Gasteiger partial charge on any atom is 0.183 e. The number of aryl methyl sites for hydroxylation is 1. The summed E-state index contributed by atoms with van der Waals surface area (Å²) in [5.74, 6) is 0.176. The highest BCUT2D eigenvalue weighted by molar-refractivity contribution is 5.98. The largest absolute Gasteiger partial charge is 0.391 e. The van der Waals surface area contributed by atoms with E-state index in [1.54, 1.807) is 0 Å². The third-order valence-electron chi connectivity index (χ3n) is 6.87. The van der Waals surface area contributed by atoms with E-state index in [0.717, 1.165) is 41.2 Å². The first-order valence-electron chi connectivity index (χ1n) is 12.6. The Balaban J connectivity index is 1.14. The van der Waals surface area contributed by atoms with Gasteiger partial charge in [-0.15, -0.1) is 0 Å². The van der Waals surface area contributed by atoms with E-state index in [4.69, 9.17) is 0 Å². The Morgan fingerprint density at radius 1 is 0.838 bits per heavy atom. The predicted octanol–water partition coefficient (Wildman–Crippen LogP) is 5.19. The smallest absolute Gasteiger partial charge is 0.183 e. The van der Waals surface area contributed by atoms with Crippen molar-refractivity contribution in [3.8, 4) is 0 Å². The fourth-order valence-electron chi connectivity index (χ4n) is 4.73. The molecule has 37 heavy (non-hydrogen) atoms. The Morgan fingerprint density at radius 3 is 1.95 bits per heavy atom. The molecule has 4 aromatic rings. The van der Waals surface area contributed by atoms with Crippen LogP contribution in [0.2, 0.25) is 0 Å². The Bertz CT molecular complexity index is 1370. The van der Waals surface area contributed by atoms with Crippen molar-refractivity contribution in [3.63, 3.8) is 0 Å². The lowest BCUT2D eigenvalue weighted by Crippen LogP contribution is -2.21. The quantitative estimate of drug-likeness (QED) is 0.314. The molecule has 1 aliphatic rings. The lowest BCUT2D eigenvalue weighted by Gasteiger charge is -2.17. The molecule has 1 aliphatic heterocycles. The second-order valence-corrected chi connectivity index (χ2v) is 9.66. The van der Waals surface area contributed by atoms with Crippen LogP contribution >= 0.6 is 0 Å². The van der Waals surface area contributed by atoms with E-state index < -0.39 is 0 Å². The first-order valence-corrected chi connectivity index (χ1v) is 12.6. The van der Waals surface area contributed by atoms with Crippen LogP contribution in [0.4, 0.5) is 17.1 Å². The first kappa shape index (κ1) is 24.5. The van der Waals surface area contributed by atoms with Crippen molar-refractivity contribution in [3.05, 3.63) is 114 Å². The molecule has 6 nitrogen and oxygen atoms in total. The van der Waals surface area contributed by atoms with E-state index in [1.807, 2.05) is 103 Å². The van der Waals surface area contributed by atoms with Crippen LogP contribution in [0.5, 0.6) is 0 Å². The van der Waals surface area contributed by atoms with Crippen LogP contribution in [0.1, 0.15) is 38.4 Å². The van der Waals surface area contributed by atoms with Gasteiger partial charge in [0.15, 0.2) is 11.6 Å². The van der Waals surface area contributed by atoms with Gasteiger partial charge in [0.2, 0.25) is 0 Å². The van der Waals surface area contributed by atoms with Gasteiger partial charge in [0, 0.05) is 61.8 Å². The normalized spacial score (nSPS) is 15.1. The third kappa shape index (κ3) is 5.98. The number of nitrogens with zero attached hydrogens (tertiary/aromatic N) is 2. The summed E-state index contributed by atoms with van der Waals surface area (Å²) < 4.78 is 1.84. The molecule has 2 N–H and O–H groups in total. The van der Waals surface area contributed by atoms with Crippen molar-refractivity contribution < 1.29 is 14.7 Å². The van der Waals surface area contributed by atoms with E-state index in [1.165, 1.54) is 0 Å². The highest BCUT2D eigenvalue weighted by Crippen LogP contribution is 2.22. The molecule has 1 fully saturated rings. The van der Waals surface area contributed by atoms with Crippen LogP contribution in [-0.2, 0) is 19.9 Å². The third-order valence-corrected chi connectivity index (χ3v) is 6.87. The van der Waals surface area contributed by atoms with Gasteiger partial charge in [-0.05, 0) is 78.2 Å². The highest BCUT2D eigenvalue weighted by Gasteiger charge is 2.20. The molecule has 3 aromatic carbocycles. The van der Waals surface area contributed by atoms with Crippen LogP contribution in [0.25, 0.3) is 0 Å². The number of anilines is 3. The van der Waals surface area contributed by atoms with Gasteiger partial charge < -0.3 is 19.9 Å². The summed E-state index contributed by atoms with van der Waals surface area (Å²) in [5.41, 5.74) is 6.23. The fraction of sp³-hybridized carbons (Fsp3) is 0.226. The number of aliphatic hydroxyl groups is 1. The fourth-order valence-corrected chi connectivity index (χ4v) is 4.73. The maximum atomic E-state index is 12.8. The molecule has 1 unspecified atom stereocenters. The molecule has 1 atom stereocenters. The second kappa shape index (κ2) is 10.8. The molecular weight excluding hydrogens is 462 g/mol. The Kier molecular flexibility index (Phi) is 7.19. The van der Waals surface area contributed by atoms with E-state index in [2.05, 4.69) is 10.2 Å². The average molecular weight is 494 g/mol. The lowest BCUT2D eigenvalue weighted by molar-refractivity contribution is 0.0980. The molecule has 6 heteroatoms. The van der Waals surface area contributed by atoms with Gasteiger partial charge in [0.25, 0.3) is 0 Å². The molecule has 0 spiro atoms. The summed E-state index contributed by atoms with van der Waals surface area (Å²) >= 11 is 0. The number of Topliss-reactive ketones (excluding diaryl/α,β-unsaturated/α-hetero) is 2. The molecule has 5 rings (SSSR count). The van der Waals surface area contributed by atoms with Gasteiger partial charge >= 0.3 is 0 Å². The number of hydrogen-bond donors (Lipinski definition) is 2. The molecule has 1 aromatic heterocycles. The number of aromatic nitrogens is 1. The molecular formula is C31H31N3O3. The van der Waals surface area contributed by atoms with E-state index in [0.29, 0.717) is 30.6 Å². The predicted molar refractivity (Wildman–Crippen MR) is 147 cm³/mol. The van der Waals surface area contributed by atoms with E-state index in [-0.39, 0.29) is 17.7 Å². The summed E-state index contributed by atoms with van der Waals surface area (Å²) in [4.78, 5) is 27.4. The number of rotatable bonds is 9.